The van der Waals surface area contributed by atoms with E-state index in [2.05, 4.69) is 10.3 Å². The van der Waals surface area contributed by atoms with Crippen molar-refractivity contribution in [2.45, 2.75) is 38.1 Å². The van der Waals surface area contributed by atoms with Crippen LogP contribution in [0.4, 0.5) is 0 Å². The molecule has 2 aromatic rings. The van der Waals surface area contributed by atoms with Crippen molar-refractivity contribution >= 4 is 5.91 Å². The lowest BCUT2D eigenvalue weighted by Gasteiger charge is -2.19. The lowest BCUT2D eigenvalue weighted by Crippen LogP contribution is -2.29. The molecule has 0 saturated carbocycles. The van der Waals surface area contributed by atoms with Crippen molar-refractivity contribution in [3.8, 4) is 5.75 Å². The molecule has 1 amide bonds. The molecule has 1 saturated heterocycles. The van der Waals surface area contributed by atoms with Gasteiger partial charge in [0.15, 0.2) is 0 Å². The van der Waals surface area contributed by atoms with Gasteiger partial charge in [-0.3, -0.25) is 4.79 Å². The van der Waals surface area contributed by atoms with Crippen LogP contribution >= 0.6 is 0 Å². The van der Waals surface area contributed by atoms with Gasteiger partial charge in [-0.2, -0.15) is 0 Å². The minimum absolute atomic E-state index is 0.200. The average molecular weight is 366 g/mol. The van der Waals surface area contributed by atoms with Crippen LogP contribution < -0.4 is 10.1 Å². The second-order valence-electron chi connectivity index (χ2n) is 7.26. The van der Waals surface area contributed by atoms with Gasteiger partial charge < -0.3 is 15.0 Å². The Morgan fingerprint density at radius 2 is 2.26 bits per heavy atom. The Hall–Kier alpha value is -2.47. The Labute approximate surface area is 160 Å². The zero-order valence-corrected chi connectivity index (χ0v) is 15.8. The smallest absolute Gasteiger partial charge is 0.222 e. The monoisotopic (exact) mass is 366 g/mol. The van der Waals surface area contributed by atoms with Gasteiger partial charge in [-0.25, -0.2) is 9.97 Å². The Balaban J connectivity index is 1.35. The van der Waals surface area contributed by atoms with Crippen molar-refractivity contribution in [1.29, 1.82) is 0 Å². The van der Waals surface area contributed by atoms with Crippen molar-refractivity contribution in [2.75, 3.05) is 26.7 Å². The summed E-state index contributed by atoms with van der Waals surface area (Å²) < 4.78 is 5.38. The predicted octanol–water partition coefficient (Wildman–Crippen LogP) is 2.08. The largest absolute Gasteiger partial charge is 0.496 e. The van der Waals surface area contributed by atoms with Gasteiger partial charge in [0.1, 0.15) is 11.6 Å². The van der Waals surface area contributed by atoms with E-state index in [4.69, 9.17) is 9.72 Å². The predicted molar refractivity (Wildman–Crippen MR) is 103 cm³/mol. The number of fused-ring (bicyclic) bond motifs is 1. The first kappa shape index (κ1) is 17.9. The molecule has 142 valence electrons. The van der Waals surface area contributed by atoms with Crippen LogP contribution in [-0.4, -0.2) is 47.5 Å². The highest BCUT2D eigenvalue weighted by molar-refractivity contribution is 5.77. The maximum Gasteiger partial charge on any atom is 0.222 e. The van der Waals surface area contributed by atoms with E-state index in [1.807, 2.05) is 35.4 Å². The fourth-order valence-electron chi connectivity index (χ4n) is 3.95. The third-order valence-electron chi connectivity index (χ3n) is 5.53. The van der Waals surface area contributed by atoms with Gasteiger partial charge in [-0.05, 0) is 24.5 Å². The molecule has 1 aromatic carbocycles. The molecule has 6 nitrogen and oxygen atoms in total. The topological polar surface area (TPSA) is 67.3 Å². The molecular weight excluding hydrogens is 340 g/mol. The highest BCUT2D eigenvalue weighted by Crippen LogP contribution is 2.27. The van der Waals surface area contributed by atoms with Crippen LogP contribution in [0.3, 0.4) is 0 Å². The van der Waals surface area contributed by atoms with Crippen molar-refractivity contribution in [3.05, 3.63) is 53.1 Å². The summed E-state index contributed by atoms with van der Waals surface area (Å²) in [4.78, 5) is 24.0. The van der Waals surface area contributed by atoms with E-state index in [0.29, 0.717) is 12.8 Å². The maximum absolute atomic E-state index is 12.7. The number of aryl methyl sites for hydroxylation is 1. The van der Waals surface area contributed by atoms with Crippen LogP contribution in [0.1, 0.15) is 41.4 Å². The van der Waals surface area contributed by atoms with Gasteiger partial charge in [-0.1, -0.05) is 18.2 Å². The number of methoxy groups -OCH3 is 1. The van der Waals surface area contributed by atoms with Crippen LogP contribution in [0, 0.1) is 0 Å². The molecule has 0 spiro atoms. The van der Waals surface area contributed by atoms with Crippen molar-refractivity contribution < 1.29 is 9.53 Å². The Bertz CT molecular complexity index is 824. The Kier molecular flexibility index (Phi) is 5.34. The summed E-state index contributed by atoms with van der Waals surface area (Å²) >= 11 is 0. The van der Waals surface area contributed by atoms with Gasteiger partial charge in [0.25, 0.3) is 0 Å². The molecule has 0 radical (unpaired) electrons. The van der Waals surface area contributed by atoms with E-state index < -0.39 is 0 Å². The number of amides is 1. The van der Waals surface area contributed by atoms with Gasteiger partial charge in [0, 0.05) is 62.4 Å². The number of para-hydroxylation sites is 1. The summed E-state index contributed by atoms with van der Waals surface area (Å²) in [5.41, 5.74) is 3.45. The Morgan fingerprint density at radius 3 is 3.15 bits per heavy atom. The minimum Gasteiger partial charge on any atom is -0.496 e. The van der Waals surface area contributed by atoms with Crippen LogP contribution in [0.25, 0.3) is 0 Å². The summed E-state index contributed by atoms with van der Waals surface area (Å²) in [6.07, 6.45) is 5.06. The number of benzene rings is 1. The number of ether oxygens (including phenoxy) is 1. The van der Waals surface area contributed by atoms with E-state index in [9.17, 15) is 4.79 Å². The third-order valence-corrected chi connectivity index (χ3v) is 5.53. The number of aromatic nitrogens is 2. The molecule has 0 aliphatic carbocycles. The second kappa shape index (κ2) is 8.05. The molecule has 3 heterocycles. The molecule has 1 N–H and O–H groups in total. The number of nitrogens with zero attached hydrogens (tertiary/aromatic N) is 3. The van der Waals surface area contributed by atoms with E-state index in [0.717, 1.165) is 56.2 Å². The first-order valence-electron chi connectivity index (χ1n) is 9.69. The third kappa shape index (κ3) is 3.95. The van der Waals surface area contributed by atoms with Gasteiger partial charge in [-0.15, -0.1) is 0 Å². The van der Waals surface area contributed by atoms with Crippen molar-refractivity contribution in [2.24, 2.45) is 0 Å². The lowest BCUT2D eigenvalue weighted by atomic mass is 10.1. The molecular formula is C21H26N4O2. The lowest BCUT2D eigenvalue weighted by molar-refractivity contribution is -0.130. The quantitative estimate of drug-likeness (QED) is 0.878. The number of carbonyl (C=O) groups excluding carboxylic acids is 1. The molecule has 0 bridgehead atoms. The summed E-state index contributed by atoms with van der Waals surface area (Å²) in [7, 11) is 1.67. The van der Waals surface area contributed by atoms with E-state index >= 15 is 0 Å². The number of hydrogen-bond acceptors (Lipinski definition) is 5. The van der Waals surface area contributed by atoms with Gasteiger partial charge in [0.05, 0.1) is 7.11 Å². The highest BCUT2D eigenvalue weighted by atomic mass is 16.5. The second-order valence-corrected chi connectivity index (χ2v) is 7.26. The molecule has 6 heteroatoms. The van der Waals surface area contributed by atoms with Crippen LogP contribution in [0.2, 0.25) is 0 Å². The zero-order valence-electron chi connectivity index (χ0n) is 15.8. The minimum atomic E-state index is 0.200. The number of likely N-dealkylation sites (tertiary alicyclic amines) is 1. The van der Waals surface area contributed by atoms with Crippen molar-refractivity contribution in [1.82, 2.24) is 20.2 Å². The van der Waals surface area contributed by atoms with Gasteiger partial charge >= 0.3 is 0 Å². The first-order valence-corrected chi connectivity index (χ1v) is 9.69. The fourth-order valence-corrected chi connectivity index (χ4v) is 3.95. The SMILES string of the molecule is COc1ccccc1CCC(=O)N1CC[C@@H](c2ncc3c(n2)CCNC3)C1. The number of hydrogen-bond donors (Lipinski definition) is 1. The number of carbonyl (C=O) groups is 1. The highest BCUT2D eigenvalue weighted by Gasteiger charge is 2.29. The number of nitrogens with one attached hydrogen (secondary N) is 1. The summed E-state index contributed by atoms with van der Waals surface area (Å²) in [6, 6.07) is 7.89. The van der Waals surface area contributed by atoms with E-state index in [-0.39, 0.29) is 11.8 Å². The molecule has 1 aromatic heterocycles. The standard InChI is InChI=1S/C21H26N4O2/c1-27-19-5-3-2-4-15(19)6-7-20(26)25-11-9-16(14-25)21-23-13-17-12-22-10-8-18(17)24-21/h2-5,13,16,22H,6-12,14H2,1H3/t16-/m1/s1. The van der Waals surface area contributed by atoms with Crippen LogP contribution in [-0.2, 0) is 24.2 Å². The van der Waals surface area contributed by atoms with Crippen molar-refractivity contribution in [3.63, 3.8) is 0 Å². The zero-order chi connectivity index (χ0) is 18.6. The molecule has 27 heavy (non-hydrogen) atoms. The normalized spacial score (nSPS) is 19.0. The molecule has 1 atom stereocenters. The molecule has 1 fully saturated rings. The molecule has 0 unspecified atom stereocenters. The molecule has 2 aliphatic heterocycles. The van der Waals surface area contributed by atoms with E-state index in [1.54, 1.807) is 7.11 Å². The van der Waals surface area contributed by atoms with Gasteiger partial charge in [0.2, 0.25) is 5.91 Å². The van der Waals surface area contributed by atoms with Crippen LogP contribution in [0.15, 0.2) is 30.5 Å². The fraction of sp³-hybridized carbons (Fsp3) is 0.476. The number of rotatable bonds is 5. The Morgan fingerprint density at radius 1 is 1.37 bits per heavy atom. The maximum atomic E-state index is 12.7. The summed E-state index contributed by atoms with van der Waals surface area (Å²) in [5.74, 6) is 2.20. The molecule has 2 aliphatic rings. The summed E-state index contributed by atoms with van der Waals surface area (Å²) in [5, 5.41) is 3.35. The van der Waals surface area contributed by atoms with E-state index in [1.165, 1.54) is 11.3 Å². The molecule has 4 rings (SSSR count). The first-order chi connectivity index (χ1) is 13.2. The summed E-state index contributed by atoms with van der Waals surface area (Å²) in [6.45, 7) is 3.34. The average Bonchev–Trinajstić information content (AvgIpc) is 3.22. The van der Waals surface area contributed by atoms with Crippen LogP contribution in [0.5, 0.6) is 5.75 Å².